The van der Waals surface area contributed by atoms with E-state index in [1.165, 1.54) is 30.5 Å². The Balaban J connectivity index is 2.40. The number of benzene rings is 1. The quantitative estimate of drug-likeness (QED) is 0.939. The number of halogens is 1. The van der Waals surface area contributed by atoms with Crippen molar-refractivity contribution in [3.8, 4) is 17.7 Å². The highest BCUT2D eigenvalue weighted by Crippen LogP contribution is 2.28. The van der Waals surface area contributed by atoms with Crippen LogP contribution < -0.4 is 4.74 Å². The molecule has 1 heterocycles. The molecule has 2 rings (SSSR count). The van der Waals surface area contributed by atoms with E-state index in [9.17, 15) is 4.79 Å². The lowest BCUT2D eigenvalue weighted by Crippen LogP contribution is -2.00. The molecule has 0 amide bonds. The molecule has 94 valence electrons. The number of carbonyl (C=O) groups is 1. The number of nitrogens with zero attached hydrogens (tertiary/aromatic N) is 2. The van der Waals surface area contributed by atoms with Gasteiger partial charge in [0.25, 0.3) is 0 Å². The second-order valence-electron chi connectivity index (χ2n) is 3.54. The average molecular weight is 319 g/mol. The van der Waals surface area contributed by atoms with E-state index < -0.39 is 5.97 Å². The monoisotopic (exact) mass is 318 g/mol. The van der Waals surface area contributed by atoms with Crippen LogP contribution in [-0.2, 0) is 0 Å². The highest BCUT2D eigenvalue weighted by atomic mass is 79.9. The Morgan fingerprint density at radius 3 is 2.84 bits per heavy atom. The van der Waals surface area contributed by atoms with E-state index in [2.05, 4.69) is 20.9 Å². The topological polar surface area (TPSA) is 83.2 Å². The Kier molecular flexibility index (Phi) is 3.78. The molecule has 0 aliphatic rings. The minimum absolute atomic E-state index is 0.0207. The van der Waals surface area contributed by atoms with Crippen LogP contribution >= 0.6 is 15.9 Å². The molecule has 0 fully saturated rings. The number of rotatable bonds is 3. The van der Waals surface area contributed by atoms with Crippen molar-refractivity contribution in [2.75, 3.05) is 0 Å². The third-order valence-electron chi connectivity index (χ3n) is 2.25. The van der Waals surface area contributed by atoms with Gasteiger partial charge in [-0.25, -0.2) is 9.78 Å². The van der Waals surface area contributed by atoms with Crippen molar-refractivity contribution >= 4 is 21.9 Å². The molecule has 1 aromatic carbocycles. The molecule has 6 heteroatoms. The number of aromatic carboxylic acids is 1. The lowest BCUT2D eigenvalue weighted by Gasteiger charge is -2.08. The Morgan fingerprint density at radius 2 is 2.16 bits per heavy atom. The Hall–Kier alpha value is -2.39. The van der Waals surface area contributed by atoms with E-state index in [1.807, 2.05) is 6.07 Å². The third kappa shape index (κ3) is 3.09. The molecule has 0 bridgehead atoms. The molecular weight excluding hydrogens is 312 g/mol. The molecular formula is C13H7BrN2O3. The zero-order chi connectivity index (χ0) is 13.8. The van der Waals surface area contributed by atoms with Crippen molar-refractivity contribution in [1.29, 1.82) is 5.26 Å². The molecule has 1 N–H and O–H groups in total. The summed E-state index contributed by atoms with van der Waals surface area (Å²) in [6.07, 6.45) is 1.42. The zero-order valence-corrected chi connectivity index (χ0v) is 11.1. The number of carboxylic acid groups (broad SMARTS) is 1. The van der Waals surface area contributed by atoms with Crippen LogP contribution in [0.3, 0.4) is 0 Å². The van der Waals surface area contributed by atoms with Crippen molar-refractivity contribution in [2.45, 2.75) is 0 Å². The SMILES string of the molecule is N#Cc1ccnc(Oc2cc(Br)ccc2C(=O)O)c1. The van der Waals surface area contributed by atoms with Gasteiger partial charge in [0, 0.05) is 16.7 Å². The van der Waals surface area contributed by atoms with Crippen LogP contribution in [0.5, 0.6) is 11.6 Å². The van der Waals surface area contributed by atoms with Crippen molar-refractivity contribution in [3.63, 3.8) is 0 Å². The fraction of sp³-hybridized carbons (Fsp3) is 0. The minimum atomic E-state index is -1.10. The van der Waals surface area contributed by atoms with E-state index in [-0.39, 0.29) is 17.2 Å². The fourth-order valence-corrected chi connectivity index (χ4v) is 1.74. The van der Waals surface area contributed by atoms with Crippen molar-refractivity contribution in [2.24, 2.45) is 0 Å². The number of nitriles is 1. The van der Waals surface area contributed by atoms with Gasteiger partial charge in [0.1, 0.15) is 11.3 Å². The average Bonchev–Trinajstić information content (AvgIpc) is 2.38. The smallest absolute Gasteiger partial charge is 0.339 e. The third-order valence-corrected chi connectivity index (χ3v) is 2.75. The summed E-state index contributed by atoms with van der Waals surface area (Å²) in [6, 6.07) is 9.49. The van der Waals surface area contributed by atoms with Gasteiger partial charge in [0.15, 0.2) is 0 Å². The van der Waals surface area contributed by atoms with Gasteiger partial charge in [-0.15, -0.1) is 0 Å². The summed E-state index contributed by atoms with van der Waals surface area (Å²) < 4.78 is 6.11. The number of hydrogen-bond acceptors (Lipinski definition) is 4. The second kappa shape index (κ2) is 5.50. The van der Waals surface area contributed by atoms with E-state index in [1.54, 1.807) is 6.07 Å². The number of hydrogen-bond donors (Lipinski definition) is 1. The van der Waals surface area contributed by atoms with Crippen LogP contribution in [0.2, 0.25) is 0 Å². The maximum Gasteiger partial charge on any atom is 0.339 e. The summed E-state index contributed by atoms with van der Waals surface area (Å²) in [5.41, 5.74) is 0.407. The summed E-state index contributed by atoms with van der Waals surface area (Å²) >= 11 is 3.24. The predicted octanol–water partition coefficient (Wildman–Crippen LogP) is 3.21. The normalized spacial score (nSPS) is 9.68. The molecule has 0 aliphatic heterocycles. The van der Waals surface area contributed by atoms with Gasteiger partial charge < -0.3 is 9.84 Å². The van der Waals surface area contributed by atoms with Crippen LogP contribution in [0.4, 0.5) is 0 Å². The summed E-state index contributed by atoms with van der Waals surface area (Å²) in [5.74, 6) is -0.775. The maximum atomic E-state index is 11.1. The summed E-state index contributed by atoms with van der Waals surface area (Å²) in [7, 11) is 0. The standard InChI is InChI=1S/C13H7BrN2O3/c14-9-1-2-10(13(17)18)11(6-9)19-12-5-8(7-15)3-4-16-12/h1-6H,(H,17,18). The van der Waals surface area contributed by atoms with Crippen LogP contribution in [0.25, 0.3) is 0 Å². The number of ether oxygens (including phenoxy) is 1. The van der Waals surface area contributed by atoms with E-state index in [4.69, 9.17) is 15.1 Å². The first-order valence-corrected chi connectivity index (χ1v) is 5.96. The van der Waals surface area contributed by atoms with Crippen molar-refractivity contribution < 1.29 is 14.6 Å². The summed E-state index contributed by atoms with van der Waals surface area (Å²) in [5, 5.41) is 17.8. The molecule has 0 radical (unpaired) electrons. The molecule has 5 nitrogen and oxygen atoms in total. The van der Waals surface area contributed by atoms with Crippen LogP contribution in [-0.4, -0.2) is 16.1 Å². The first-order chi connectivity index (χ1) is 9.10. The molecule has 0 aliphatic carbocycles. The molecule has 0 saturated carbocycles. The summed E-state index contributed by atoms with van der Waals surface area (Å²) in [4.78, 5) is 15.0. The molecule has 19 heavy (non-hydrogen) atoms. The van der Waals surface area contributed by atoms with Gasteiger partial charge in [-0.2, -0.15) is 5.26 Å². The zero-order valence-electron chi connectivity index (χ0n) is 9.50. The number of pyridine rings is 1. The molecule has 0 unspecified atom stereocenters. The van der Waals surface area contributed by atoms with E-state index >= 15 is 0 Å². The van der Waals surface area contributed by atoms with Crippen LogP contribution in [0, 0.1) is 11.3 Å². The fourth-order valence-electron chi connectivity index (χ4n) is 1.40. The Labute approximate surface area is 117 Å². The van der Waals surface area contributed by atoms with Gasteiger partial charge in [-0.05, 0) is 24.3 Å². The predicted molar refractivity (Wildman–Crippen MR) is 70.1 cm³/mol. The van der Waals surface area contributed by atoms with E-state index in [0.29, 0.717) is 10.0 Å². The minimum Gasteiger partial charge on any atom is -0.478 e. The van der Waals surface area contributed by atoms with Gasteiger partial charge in [0.05, 0.1) is 11.6 Å². The van der Waals surface area contributed by atoms with Crippen molar-refractivity contribution in [1.82, 2.24) is 4.98 Å². The molecule has 0 atom stereocenters. The van der Waals surface area contributed by atoms with Crippen LogP contribution in [0.1, 0.15) is 15.9 Å². The largest absolute Gasteiger partial charge is 0.478 e. The Morgan fingerprint density at radius 1 is 1.37 bits per heavy atom. The lowest BCUT2D eigenvalue weighted by molar-refractivity contribution is 0.0694. The molecule has 1 aromatic heterocycles. The maximum absolute atomic E-state index is 11.1. The van der Waals surface area contributed by atoms with Gasteiger partial charge >= 0.3 is 5.97 Å². The van der Waals surface area contributed by atoms with Gasteiger partial charge in [-0.1, -0.05) is 15.9 Å². The van der Waals surface area contributed by atoms with E-state index in [0.717, 1.165) is 0 Å². The molecule has 2 aromatic rings. The number of carboxylic acids is 1. The van der Waals surface area contributed by atoms with Gasteiger partial charge in [-0.3, -0.25) is 0 Å². The highest BCUT2D eigenvalue weighted by Gasteiger charge is 2.13. The number of aromatic nitrogens is 1. The molecule has 0 saturated heterocycles. The highest BCUT2D eigenvalue weighted by molar-refractivity contribution is 9.10. The Bertz CT molecular complexity index is 680. The first-order valence-electron chi connectivity index (χ1n) is 5.17. The second-order valence-corrected chi connectivity index (χ2v) is 4.46. The van der Waals surface area contributed by atoms with Gasteiger partial charge in [0.2, 0.25) is 5.88 Å². The summed E-state index contributed by atoms with van der Waals surface area (Å²) in [6.45, 7) is 0. The molecule has 0 spiro atoms. The first kappa shape index (κ1) is 13.1. The van der Waals surface area contributed by atoms with Crippen LogP contribution in [0.15, 0.2) is 41.0 Å². The van der Waals surface area contributed by atoms with Crippen molar-refractivity contribution in [3.05, 3.63) is 52.1 Å². The lowest BCUT2D eigenvalue weighted by atomic mass is 10.2.